The smallest absolute Gasteiger partial charge is 0.0657 e. The average molecular weight is 821 g/mol. The maximum atomic E-state index is 2.55. The van der Waals surface area contributed by atoms with Crippen molar-refractivity contribution in [2.75, 3.05) is 25.0 Å². The summed E-state index contributed by atoms with van der Waals surface area (Å²) in [6.45, 7) is 0. The van der Waals surface area contributed by atoms with Gasteiger partial charge in [0.2, 0.25) is 0 Å². The summed E-state index contributed by atoms with van der Waals surface area (Å²) in [5, 5.41) is 8.07. The quantitative estimate of drug-likeness (QED) is 0.156. The van der Waals surface area contributed by atoms with E-state index in [1.54, 1.807) is 0 Å². The molecule has 6 aliphatic rings. The molecule has 8 heteroatoms. The summed E-state index contributed by atoms with van der Waals surface area (Å²) in [4.78, 5) is 0. The van der Waals surface area contributed by atoms with Gasteiger partial charge in [0.25, 0.3) is 0 Å². The highest BCUT2D eigenvalue weighted by molar-refractivity contribution is 8.41. The van der Waals surface area contributed by atoms with Gasteiger partial charge in [0, 0.05) is 0 Å². The van der Waals surface area contributed by atoms with Crippen molar-refractivity contribution in [1.82, 2.24) is 0 Å². The number of rotatable bonds is 5. The number of hydrogen-bond acceptors (Lipinski definition) is 8. The van der Waals surface area contributed by atoms with Crippen molar-refractivity contribution in [2.45, 2.75) is 25.7 Å². The fourth-order valence-electron chi connectivity index (χ4n) is 7.60. The van der Waals surface area contributed by atoms with Gasteiger partial charge in [-0.1, -0.05) is 144 Å². The minimum absolute atomic E-state index is 0.926. The molecule has 0 aromatic heterocycles. The minimum Gasteiger partial charge on any atom is -0.121 e. The predicted octanol–water partition coefficient (Wildman–Crippen LogP) is 15.2. The first-order valence-electron chi connectivity index (χ1n) is 17.2. The SMILES string of the molecule is CSC1=C(SC)SC(=C2Cc3ccc(cc3)CC(=C3SC(SC)=C(SC)S3)Cc3ccc(cc3-c3ccc4ccc5cccc6ccc3c4c56)C2)S1. The Kier molecular flexibility index (Phi) is 10.6. The molecule has 0 unspecified atom stereocenters. The molecule has 0 nitrogen and oxygen atoms in total. The second-order valence-corrected chi connectivity index (χ2v) is 22.0. The lowest BCUT2D eigenvalue weighted by Gasteiger charge is -2.20. The van der Waals surface area contributed by atoms with Crippen molar-refractivity contribution in [2.24, 2.45) is 0 Å². The Morgan fingerprint density at radius 1 is 0.423 bits per heavy atom. The summed E-state index contributed by atoms with van der Waals surface area (Å²) >= 11 is 15.5. The monoisotopic (exact) mass is 820 g/mol. The van der Waals surface area contributed by atoms with Crippen LogP contribution in [0.4, 0.5) is 0 Å². The molecule has 2 aliphatic heterocycles. The molecule has 6 aromatic rings. The van der Waals surface area contributed by atoms with E-state index in [9.17, 15) is 0 Å². The van der Waals surface area contributed by atoms with Crippen LogP contribution in [0.5, 0.6) is 0 Å². The van der Waals surface area contributed by atoms with Crippen LogP contribution in [0.3, 0.4) is 0 Å². The minimum atomic E-state index is 0.926. The fourth-order valence-corrected chi connectivity index (χ4v) is 17.7. The Morgan fingerprint density at radius 2 is 0.885 bits per heavy atom. The molecule has 0 amide bonds. The van der Waals surface area contributed by atoms with Gasteiger partial charge < -0.3 is 0 Å². The first kappa shape index (κ1) is 35.8. The summed E-state index contributed by atoms with van der Waals surface area (Å²) in [5.41, 5.74) is 11.3. The third-order valence-corrected chi connectivity index (χ3v) is 20.9. The summed E-state index contributed by atoms with van der Waals surface area (Å²) in [7, 11) is 0. The molecule has 0 N–H and O–H groups in total. The van der Waals surface area contributed by atoms with E-state index >= 15 is 0 Å². The average Bonchev–Trinajstić information content (AvgIpc) is 3.82. The van der Waals surface area contributed by atoms with E-state index in [1.807, 2.05) is 94.1 Å². The van der Waals surface area contributed by atoms with Crippen LogP contribution in [0.15, 0.2) is 134 Å². The summed E-state index contributed by atoms with van der Waals surface area (Å²) in [5.74, 6) is 0. The summed E-state index contributed by atoms with van der Waals surface area (Å²) < 4.78 is 8.66. The zero-order valence-electron chi connectivity index (χ0n) is 29.3. The van der Waals surface area contributed by atoms with Crippen molar-refractivity contribution < 1.29 is 0 Å². The van der Waals surface area contributed by atoms with Gasteiger partial charge >= 0.3 is 0 Å². The van der Waals surface area contributed by atoms with E-state index in [4.69, 9.17) is 0 Å². The molecule has 0 spiro atoms. The summed E-state index contributed by atoms with van der Waals surface area (Å²) in [6, 6.07) is 37.8. The Balaban J connectivity index is 1.24. The Morgan fingerprint density at radius 3 is 1.44 bits per heavy atom. The molecule has 52 heavy (non-hydrogen) atoms. The van der Waals surface area contributed by atoms with Gasteiger partial charge in [0.05, 0.1) is 25.4 Å². The van der Waals surface area contributed by atoms with Crippen LogP contribution in [0.2, 0.25) is 0 Å². The highest BCUT2D eigenvalue weighted by Crippen LogP contribution is 2.59. The predicted molar refractivity (Wildman–Crippen MR) is 249 cm³/mol. The van der Waals surface area contributed by atoms with Crippen LogP contribution < -0.4 is 0 Å². The number of hydrogen-bond donors (Lipinski definition) is 0. The molecular weight excluding hydrogens is 785 g/mol. The van der Waals surface area contributed by atoms with Crippen LogP contribution in [-0.2, 0) is 25.7 Å². The Bertz CT molecular complexity index is 2450. The molecule has 0 saturated carbocycles. The molecule has 4 bridgehead atoms. The zero-order chi connectivity index (χ0) is 35.3. The maximum absolute atomic E-state index is 2.55. The van der Waals surface area contributed by atoms with Gasteiger partial charge in [-0.3, -0.25) is 0 Å². The van der Waals surface area contributed by atoms with Crippen molar-refractivity contribution in [3.63, 3.8) is 0 Å². The van der Waals surface area contributed by atoms with E-state index in [2.05, 4.69) is 122 Å². The van der Waals surface area contributed by atoms with Crippen molar-refractivity contribution in [3.8, 4) is 11.1 Å². The van der Waals surface area contributed by atoms with Crippen LogP contribution in [-0.4, -0.2) is 25.0 Å². The van der Waals surface area contributed by atoms with Crippen molar-refractivity contribution >= 4 is 126 Å². The van der Waals surface area contributed by atoms with Gasteiger partial charge in [-0.05, 0) is 128 Å². The molecule has 260 valence electrons. The summed E-state index contributed by atoms with van der Waals surface area (Å²) in [6.07, 6.45) is 12.7. The van der Waals surface area contributed by atoms with Gasteiger partial charge in [0.15, 0.2) is 0 Å². The fraction of sp³-hybridized carbons (Fsp3) is 0.182. The number of thioether (sulfide) groups is 8. The largest absolute Gasteiger partial charge is 0.121 e. The molecule has 0 saturated heterocycles. The standard InChI is InChI=1S/C44H36S8/c1-45-41-42(46-2)50-39(49-41)32-20-25-8-10-26(11-9-25)21-33(40-51-43(47-3)44(48-4)52-40)24-31-13-12-27(22-32)23-36(31)34-18-16-30-15-14-28-6-5-7-29-17-19-35(34)38(30)37(28)29/h5-19,23H,20-22,24H2,1-4H3. The number of benzene rings is 6. The zero-order valence-corrected chi connectivity index (χ0v) is 35.9. The highest BCUT2D eigenvalue weighted by atomic mass is 32.3. The van der Waals surface area contributed by atoms with E-state index in [0.717, 1.165) is 25.7 Å². The van der Waals surface area contributed by atoms with Crippen molar-refractivity contribution in [3.05, 3.63) is 156 Å². The van der Waals surface area contributed by atoms with Gasteiger partial charge in [0.1, 0.15) is 0 Å². The maximum Gasteiger partial charge on any atom is 0.0657 e. The van der Waals surface area contributed by atoms with Crippen LogP contribution >= 0.6 is 94.1 Å². The molecule has 0 atom stereocenters. The van der Waals surface area contributed by atoms with Crippen LogP contribution in [0.25, 0.3) is 43.4 Å². The number of allylic oxidation sites excluding steroid dienone is 2. The lowest BCUT2D eigenvalue weighted by molar-refractivity contribution is 1.00. The van der Waals surface area contributed by atoms with Crippen molar-refractivity contribution in [1.29, 1.82) is 0 Å². The molecule has 2 heterocycles. The Hall–Kier alpha value is -1.88. The first-order valence-corrected chi connectivity index (χ1v) is 25.4. The Labute approximate surface area is 341 Å². The highest BCUT2D eigenvalue weighted by Gasteiger charge is 2.27. The molecule has 6 aromatic carbocycles. The van der Waals surface area contributed by atoms with E-state index in [1.165, 1.54) is 102 Å². The van der Waals surface area contributed by atoms with Gasteiger partial charge in [-0.25, -0.2) is 0 Å². The molecule has 0 fully saturated rings. The third kappa shape index (κ3) is 6.72. The lowest BCUT2D eigenvalue weighted by atomic mass is 9.85. The second kappa shape index (κ2) is 15.3. The van der Waals surface area contributed by atoms with Gasteiger partial charge in [-0.2, -0.15) is 0 Å². The molecule has 4 aliphatic carbocycles. The second-order valence-electron chi connectivity index (χ2n) is 13.1. The lowest BCUT2D eigenvalue weighted by Crippen LogP contribution is -2.04. The normalized spacial score (nSPS) is 17.0. The molecule has 0 radical (unpaired) electrons. The third-order valence-electron chi connectivity index (χ3n) is 10.1. The molecular formula is C44H36S8. The van der Waals surface area contributed by atoms with Crippen LogP contribution in [0, 0.1) is 0 Å². The van der Waals surface area contributed by atoms with E-state index in [-0.39, 0.29) is 0 Å². The molecule has 12 rings (SSSR count). The van der Waals surface area contributed by atoms with Gasteiger partial charge in [-0.15, -0.1) is 47.0 Å². The topological polar surface area (TPSA) is 0 Å². The van der Waals surface area contributed by atoms with Crippen LogP contribution in [0.1, 0.15) is 22.3 Å². The van der Waals surface area contributed by atoms with E-state index in [0.29, 0.717) is 0 Å². The first-order chi connectivity index (χ1) is 25.5. The van der Waals surface area contributed by atoms with E-state index < -0.39 is 0 Å².